The number of benzene rings is 1. The molecule has 0 saturated carbocycles. The standard InChI is InChI=1S/C17H15N3O/c1-11-8-15-13(9-12(11)10-18)16(20-17(2,3)21-15)14-6-4-5-7-19-14/h4-9H,1-3H3. The SMILES string of the molecule is Cc1cc2c(cc1C#N)C(c1ccccn1)=NC(C)(C)O2. The normalized spacial score (nSPS) is 15.4. The highest BCUT2D eigenvalue weighted by Gasteiger charge is 2.29. The summed E-state index contributed by atoms with van der Waals surface area (Å²) in [6.45, 7) is 5.72. The van der Waals surface area contributed by atoms with Crippen LogP contribution in [-0.2, 0) is 0 Å². The molecule has 4 heteroatoms. The third kappa shape index (κ3) is 2.38. The van der Waals surface area contributed by atoms with Crippen LogP contribution in [0.25, 0.3) is 0 Å². The maximum atomic E-state index is 9.23. The summed E-state index contributed by atoms with van der Waals surface area (Å²) in [6.07, 6.45) is 1.74. The van der Waals surface area contributed by atoms with Gasteiger partial charge in [0, 0.05) is 11.8 Å². The molecule has 1 aromatic heterocycles. The van der Waals surface area contributed by atoms with Gasteiger partial charge in [-0.1, -0.05) is 6.07 Å². The molecule has 0 saturated heterocycles. The predicted molar refractivity (Wildman–Crippen MR) is 80.5 cm³/mol. The van der Waals surface area contributed by atoms with E-state index in [9.17, 15) is 5.26 Å². The maximum Gasteiger partial charge on any atom is 0.195 e. The molecular formula is C17H15N3O. The summed E-state index contributed by atoms with van der Waals surface area (Å²) in [6, 6.07) is 11.6. The molecule has 2 heterocycles. The molecule has 2 aromatic rings. The van der Waals surface area contributed by atoms with E-state index in [0.717, 1.165) is 28.3 Å². The van der Waals surface area contributed by atoms with Crippen molar-refractivity contribution in [2.75, 3.05) is 0 Å². The number of aryl methyl sites for hydroxylation is 1. The summed E-state index contributed by atoms with van der Waals surface area (Å²) in [5.41, 5.74) is 3.23. The summed E-state index contributed by atoms with van der Waals surface area (Å²) in [5.74, 6) is 0.743. The molecule has 0 radical (unpaired) electrons. The van der Waals surface area contributed by atoms with E-state index in [4.69, 9.17) is 4.74 Å². The number of ether oxygens (including phenoxy) is 1. The number of hydrogen-bond donors (Lipinski definition) is 0. The van der Waals surface area contributed by atoms with Gasteiger partial charge in [-0.2, -0.15) is 5.26 Å². The second kappa shape index (κ2) is 4.71. The average Bonchev–Trinajstić information content (AvgIpc) is 2.46. The highest BCUT2D eigenvalue weighted by molar-refractivity contribution is 6.14. The van der Waals surface area contributed by atoms with Gasteiger partial charge >= 0.3 is 0 Å². The van der Waals surface area contributed by atoms with Gasteiger partial charge in [0.15, 0.2) is 5.72 Å². The second-order valence-corrected chi connectivity index (χ2v) is 5.50. The first-order valence-corrected chi connectivity index (χ1v) is 6.75. The van der Waals surface area contributed by atoms with Crippen molar-refractivity contribution in [2.45, 2.75) is 26.5 Å². The van der Waals surface area contributed by atoms with Crippen LogP contribution in [0.4, 0.5) is 0 Å². The minimum Gasteiger partial charge on any atom is -0.466 e. The molecule has 104 valence electrons. The monoisotopic (exact) mass is 277 g/mol. The van der Waals surface area contributed by atoms with Crippen molar-refractivity contribution in [3.63, 3.8) is 0 Å². The molecule has 0 fully saturated rings. The molecule has 1 aliphatic rings. The minimum absolute atomic E-state index is 0.626. The van der Waals surface area contributed by atoms with Crippen LogP contribution < -0.4 is 4.74 Å². The lowest BCUT2D eigenvalue weighted by Gasteiger charge is -2.30. The zero-order valence-corrected chi connectivity index (χ0v) is 12.2. The number of nitrogens with zero attached hydrogens (tertiary/aromatic N) is 3. The fourth-order valence-corrected chi connectivity index (χ4v) is 2.39. The summed E-state index contributed by atoms with van der Waals surface area (Å²) in [5, 5.41) is 9.23. The van der Waals surface area contributed by atoms with Gasteiger partial charge in [0.1, 0.15) is 5.75 Å². The number of nitriles is 1. The lowest BCUT2D eigenvalue weighted by molar-refractivity contribution is 0.115. The van der Waals surface area contributed by atoms with Crippen molar-refractivity contribution in [3.8, 4) is 11.8 Å². The summed E-state index contributed by atoms with van der Waals surface area (Å²) in [7, 11) is 0. The van der Waals surface area contributed by atoms with Crippen molar-refractivity contribution in [1.82, 2.24) is 4.98 Å². The third-order valence-electron chi connectivity index (χ3n) is 3.35. The fourth-order valence-electron chi connectivity index (χ4n) is 2.39. The molecule has 21 heavy (non-hydrogen) atoms. The third-order valence-corrected chi connectivity index (χ3v) is 3.35. The number of aromatic nitrogens is 1. The van der Waals surface area contributed by atoms with Crippen LogP contribution in [-0.4, -0.2) is 16.4 Å². The molecule has 0 amide bonds. The molecule has 3 rings (SSSR count). The van der Waals surface area contributed by atoms with E-state index < -0.39 is 5.72 Å². The lowest BCUT2D eigenvalue weighted by atomic mass is 9.97. The Hall–Kier alpha value is -2.67. The number of pyridine rings is 1. The van der Waals surface area contributed by atoms with Crippen LogP contribution >= 0.6 is 0 Å². The van der Waals surface area contributed by atoms with Gasteiger partial charge in [0.25, 0.3) is 0 Å². The van der Waals surface area contributed by atoms with Gasteiger partial charge in [0.2, 0.25) is 0 Å². The van der Waals surface area contributed by atoms with Crippen LogP contribution in [0.5, 0.6) is 5.75 Å². The van der Waals surface area contributed by atoms with Gasteiger partial charge in [-0.15, -0.1) is 0 Å². The number of aliphatic imine (C=N–C) groups is 1. The Morgan fingerprint density at radius 3 is 2.71 bits per heavy atom. The van der Waals surface area contributed by atoms with Crippen molar-refractivity contribution in [1.29, 1.82) is 5.26 Å². The second-order valence-electron chi connectivity index (χ2n) is 5.50. The Morgan fingerprint density at radius 1 is 1.24 bits per heavy atom. The molecule has 0 atom stereocenters. The smallest absolute Gasteiger partial charge is 0.195 e. The maximum absolute atomic E-state index is 9.23. The highest BCUT2D eigenvalue weighted by atomic mass is 16.5. The zero-order valence-electron chi connectivity index (χ0n) is 12.2. The molecule has 0 N–H and O–H groups in total. The lowest BCUT2D eigenvalue weighted by Crippen LogP contribution is -2.32. The molecule has 0 spiro atoms. The molecular weight excluding hydrogens is 262 g/mol. The Bertz CT molecular complexity index is 771. The molecule has 0 unspecified atom stereocenters. The number of fused-ring (bicyclic) bond motifs is 1. The molecule has 0 bridgehead atoms. The summed E-state index contributed by atoms with van der Waals surface area (Å²) >= 11 is 0. The van der Waals surface area contributed by atoms with Crippen LogP contribution in [0.1, 0.15) is 36.2 Å². The van der Waals surface area contributed by atoms with Gasteiger partial charge in [-0.3, -0.25) is 4.98 Å². The predicted octanol–water partition coefficient (Wildman–Crippen LogP) is 3.23. The minimum atomic E-state index is -0.652. The van der Waals surface area contributed by atoms with E-state index in [-0.39, 0.29) is 0 Å². The number of hydrogen-bond acceptors (Lipinski definition) is 4. The van der Waals surface area contributed by atoms with E-state index in [1.807, 2.05) is 51.1 Å². The first-order valence-electron chi connectivity index (χ1n) is 6.75. The van der Waals surface area contributed by atoms with E-state index in [1.165, 1.54) is 0 Å². The van der Waals surface area contributed by atoms with E-state index in [1.54, 1.807) is 6.20 Å². The van der Waals surface area contributed by atoms with Crippen LogP contribution in [0, 0.1) is 18.3 Å². The van der Waals surface area contributed by atoms with Gasteiger partial charge in [0.05, 0.1) is 23.0 Å². The van der Waals surface area contributed by atoms with E-state index >= 15 is 0 Å². The van der Waals surface area contributed by atoms with Crippen LogP contribution in [0.3, 0.4) is 0 Å². The van der Waals surface area contributed by atoms with Crippen molar-refractivity contribution < 1.29 is 4.74 Å². The zero-order chi connectivity index (χ0) is 15.0. The largest absolute Gasteiger partial charge is 0.466 e. The molecule has 1 aliphatic heterocycles. The molecule has 4 nitrogen and oxygen atoms in total. The Labute approximate surface area is 123 Å². The average molecular weight is 277 g/mol. The van der Waals surface area contributed by atoms with Crippen molar-refractivity contribution in [2.24, 2.45) is 4.99 Å². The summed E-state index contributed by atoms with van der Waals surface area (Å²) in [4.78, 5) is 9.03. The molecule has 1 aromatic carbocycles. The van der Waals surface area contributed by atoms with Crippen LogP contribution in [0.15, 0.2) is 41.5 Å². The summed E-state index contributed by atoms with van der Waals surface area (Å²) < 4.78 is 5.93. The van der Waals surface area contributed by atoms with Gasteiger partial charge in [-0.25, -0.2) is 4.99 Å². The van der Waals surface area contributed by atoms with Gasteiger partial charge in [-0.05, 0) is 50.6 Å². The first kappa shape index (κ1) is 13.3. The Balaban J connectivity index is 2.25. The van der Waals surface area contributed by atoms with Crippen molar-refractivity contribution >= 4 is 5.71 Å². The molecule has 0 aliphatic carbocycles. The number of rotatable bonds is 1. The Morgan fingerprint density at radius 2 is 2.05 bits per heavy atom. The quantitative estimate of drug-likeness (QED) is 0.804. The van der Waals surface area contributed by atoms with E-state index in [0.29, 0.717) is 5.56 Å². The van der Waals surface area contributed by atoms with E-state index in [2.05, 4.69) is 16.0 Å². The van der Waals surface area contributed by atoms with Crippen LogP contribution in [0.2, 0.25) is 0 Å². The Kier molecular flexibility index (Phi) is 2.99. The van der Waals surface area contributed by atoms with Crippen molar-refractivity contribution in [3.05, 3.63) is 58.9 Å². The highest BCUT2D eigenvalue weighted by Crippen LogP contribution is 2.34. The topological polar surface area (TPSA) is 58.3 Å². The fraction of sp³-hybridized carbons (Fsp3) is 0.235. The van der Waals surface area contributed by atoms with Gasteiger partial charge < -0.3 is 4.74 Å². The first-order chi connectivity index (χ1) is 10.00.